The van der Waals surface area contributed by atoms with E-state index in [9.17, 15) is 4.79 Å². The summed E-state index contributed by atoms with van der Waals surface area (Å²) in [6.07, 6.45) is 0.221. The van der Waals surface area contributed by atoms with Crippen LogP contribution in [-0.2, 0) is 17.0 Å². The fraction of sp³-hybridized carbons (Fsp3) is 0.227. The van der Waals surface area contributed by atoms with Crippen LogP contribution in [-0.4, -0.2) is 30.1 Å². The van der Waals surface area contributed by atoms with E-state index < -0.39 is 0 Å². The van der Waals surface area contributed by atoms with Gasteiger partial charge in [-0.3, -0.25) is 4.79 Å². The lowest BCUT2D eigenvalue weighted by Crippen LogP contribution is -2.14. The number of methoxy groups -OCH3 is 2. The van der Waals surface area contributed by atoms with Crippen molar-refractivity contribution >= 4 is 55.7 Å². The Balaban J connectivity index is 1.35. The van der Waals surface area contributed by atoms with Gasteiger partial charge in [-0.15, -0.1) is 11.3 Å². The van der Waals surface area contributed by atoms with Gasteiger partial charge in [0.15, 0.2) is 5.13 Å². The van der Waals surface area contributed by atoms with Crippen molar-refractivity contribution in [3.63, 3.8) is 0 Å². The Labute approximate surface area is 192 Å². The predicted molar refractivity (Wildman–Crippen MR) is 128 cm³/mol. The van der Waals surface area contributed by atoms with Gasteiger partial charge in [0, 0.05) is 17.2 Å². The van der Waals surface area contributed by atoms with E-state index in [1.165, 1.54) is 22.7 Å². The van der Waals surface area contributed by atoms with Gasteiger partial charge in [-0.25, -0.2) is 9.97 Å². The third kappa shape index (κ3) is 5.36. The minimum absolute atomic E-state index is 0.115. The zero-order valence-corrected chi connectivity index (χ0v) is 19.7. The van der Waals surface area contributed by atoms with Gasteiger partial charge in [0.25, 0.3) is 0 Å². The Kier molecular flexibility index (Phi) is 6.74. The summed E-state index contributed by atoms with van der Waals surface area (Å²) in [5, 5.41) is 5.44. The summed E-state index contributed by atoms with van der Waals surface area (Å²) in [5.74, 6) is 2.14. The number of ether oxygens (including phenoxy) is 2. The van der Waals surface area contributed by atoms with Crippen molar-refractivity contribution in [3.8, 4) is 11.5 Å². The Morgan fingerprint density at radius 2 is 1.90 bits per heavy atom. The van der Waals surface area contributed by atoms with Crippen molar-refractivity contribution in [2.75, 3.05) is 19.5 Å². The number of thiazole rings is 2. The van der Waals surface area contributed by atoms with Crippen LogP contribution in [0.5, 0.6) is 11.5 Å². The second kappa shape index (κ2) is 9.67. The van der Waals surface area contributed by atoms with Crippen LogP contribution >= 0.6 is 34.4 Å². The summed E-state index contributed by atoms with van der Waals surface area (Å²) < 4.78 is 12.6. The van der Waals surface area contributed by atoms with Gasteiger partial charge >= 0.3 is 0 Å². The number of aromatic nitrogens is 2. The summed E-state index contributed by atoms with van der Waals surface area (Å²) in [4.78, 5) is 21.6. The number of para-hydroxylation sites is 1. The van der Waals surface area contributed by atoms with Gasteiger partial charge in [-0.1, -0.05) is 35.2 Å². The molecule has 1 amide bonds. The first-order chi connectivity index (χ1) is 15.0. The number of carbonyl (C=O) groups excluding carboxylic acids is 1. The van der Waals surface area contributed by atoms with E-state index in [4.69, 9.17) is 9.47 Å². The lowest BCUT2D eigenvalue weighted by atomic mass is 10.2. The average Bonchev–Trinajstić information content (AvgIpc) is 3.39. The number of nitrogens with zero attached hydrogens (tertiary/aromatic N) is 2. The van der Waals surface area contributed by atoms with Crippen molar-refractivity contribution in [3.05, 3.63) is 58.6 Å². The maximum Gasteiger partial charge on any atom is 0.232 e. The van der Waals surface area contributed by atoms with Crippen molar-refractivity contribution < 1.29 is 14.3 Å². The highest BCUT2D eigenvalue weighted by Crippen LogP contribution is 2.31. The van der Waals surface area contributed by atoms with Gasteiger partial charge < -0.3 is 14.8 Å². The van der Waals surface area contributed by atoms with Gasteiger partial charge in [-0.05, 0) is 36.2 Å². The molecule has 0 spiro atoms. The lowest BCUT2D eigenvalue weighted by Gasteiger charge is -2.07. The lowest BCUT2D eigenvalue weighted by molar-refractivity contribution is -0.115. The SMILES string of the molecule is COc1cc(CSc2nc(CC(=O)Nc3nc4c(C)cccc4s3)cs2)cc(OC)c1. The van der Waals surface area contributed by atoms with E-state index >= 15 is 0 Å². The van der Waals surface area contributed by atoms with Crippen molar-refractivity contribution in [2.24, 2.45) is 0 Å². The molecule has 0 bridgehead atoms. The number of fused-ring (bicyclic) bond motifs is 1. The molecule has 2 aromatic heterocycles. The van der Waals surface area contributed by atoms with Gasteiger partial charge in [-0.2, -0.15) is 0 Å². The Morgan fingerprint density at radius 3 is 2.61 bits per heavy atom. The molecule has 4 rings (SSSR count). The summed E-state index contributed by atoms with van der Waals surface area (Å²) >= 11 is 4.64. The van der Waals surface area contributed by atoms with E-state index in [-0.39, 0.29) is 12.3 Å². The molecule has 2 heterocycles. The normalized spacial score (nSPS) is 10.9. The number of hydrogen-bond acceptors (Lipinski definition) is 8. The molecule has 1 N–H and O–H groups in total. The van der Waals surface area contributed by atoms with E-state index in [0.717, 1.165) is 48.6 Å². The van der Waals surface area contributed by atoms with Crippen LogP contribution in [0.2, 0.25) is 0 Å². The Bertz CT molecular complexity index is 1200. The molecule has 0 atom stereocenters. The summed E-state index contributed by atoms with van der Waals surface area (Å²) in [7, 11) is 3.28. The molecule has 4 aromatic rings. The zero-order valence-electron chi connectivity index (χ0n) is 17.3. The van der Waals surface area contributed by atoms with Gasteiger partial charge in [0.1, 0.15) is 15.8 Å². The van der Waals surface area contributed by atoms with Gasteiger partial charge in [0.2, 0.25) is 5.91 Å². The highest BCUT2D eigenvalue weighted by molar-refractivity contribution is 8.00. The maximum absolute atomic E-state index is 12.5. The number of amides is 1. The highest BCUT2D eigenvalue weighted by atomic mass is 32.2. The average molecular weight is 472 g/mol. The standard InChI is InChI=1S/C22H21N3O3S3/c1-13-5-4-6-18-20(13)25-21(31-18)24-19(26)9-15-12-30-22(23-15)29-11-14-7-16(27-2)10-17(8-14)28-3/h4-8,10,12H,9,11H2,1-3H3,(H,24,25,26). The molecule has 6 nitrogen and oxygen atoms in total. The molecule has 160 valence electrons. The summed E-state index contributed by atoms with van der Waals surface area (Å²) in [5.41, 5.74) is 3.88. The number of aryl methyl sites for hydroxylation is 1. The van der Waals surface area contributed by atoms with Crippen LogP contribution < -0.4 is 14.8 Å². The van der Waals surface area contributed by atoms with Crippen LogP contribution in [0.15, 0.2) is 46.1 Å². The Morgan fingerprint density at radius 1 is 1.13 bits per heavy atom. The largest absolute Gasteiger partial charge is 0.497 e. The zero-order chi connectivity index (χ0) is 21.8. The minimum atomic E-state index is -0.115. The van der Waals surface area contributed by atoms with E-state index in [0.29, 0.717) is 5.13 Å². The number of anilines is 1. The smallest absolute Gasteiger partial charge is 0.232 e. The first-order valence-electron chi connectivity index (χ1n) is 9.49. The minimum Gasteiger partial charge on any atom is -0.497 e. The molecule has 0 unspecified atom stereocenters. The van der Waals surface area contributed by atoms with Gasteiger partial charge in [0.05, 0.1) is 36.6 Å². The highest BCUT2D eigenvalue weighted by Gasteiger charge is 2.12. The fourth-order valence-corrected chi connectivity index (χ4v) is 5.73. The molecule has 0 saturated carbocycles. The molecule has 0 aliphatic rings. The first-order valence-corrected chi connectivity index (χ1v) is 12.2. The predicted octanol–water partition coefficient (Wildman–Crippen LogP) is 5.55. The van der Waals surface area contributed by atoms with E-state index in [1.807, 2.05) is 48.7 Å². The third-order valence-corrected chi connectivity index (χ3v) is 7.59. The quantitative estimate of drug-likeness (QED) is 0.340. The Hall–Kier alpha value is -2.62. The fourth-order valence-electron chi connectivity index (χ4n) is 3.00. The number of hydrogen-bond donors (Lipinski definition) is 1. The monoisotopic (exact) mass is 471 g/mol. The number of rotatable bonds is 8. The third-order valence-electron chi connectivity index (χ3n) is 4.51. The molecular weight excluding hydrogens is 450 g/mol. The second-order valence-corrected chi connectivity index (χ2v) is 9.89. The van der Waals surface area contributed by atoms with Crippen LogP contribution in [0, 0.1) is 6.92 Å². The number of carbonyl (C=O) groups is 1. The van der Waals surface area contributed by atoms with Crippen molar-refractivity contribution in [2.45, 2.75) is 23.4 Å². The molecule has 0 radical (unpaired) electrons. The van der Waals surface area contributed by atoms with E-state index in [2.05, 4.69) is 15.3 Å². The molecule has 9 heteroatoms. The van der Waals surface area contributed by atoms with Crippen LogP contribution in [0.4, 0.5) is 5.13 Å². The summed E-state index contributed by atoms with van der Waals surface area (Å²) in [6.45, 7) is 2.02. The maximum atomic E-state index is 12.5. The second-order valence-electron chi connectivity index (χ2n) is 6.78. The number of thioether (sulfide) groups is 1. The molecule has 31 heavy (non-hydrogen) atoms. The molecule has 0 fully saturated rings. The molecule has 0 saturated heterocycles. The number of nitrogens with one attached hydrogen (secondary N) is 1. The molecular formula is C22H21N3O3S3. The van der Waals surface area contributed by atoms with Crippen molar-refractivity contribution in [1.29, 1.82) is 0 Å². The topological polar surface area (TPSA) is 73.3 Å². The molecule has 0 aliphatic heterocycles. The summed E-state index contributed by atoms with van der Waals surface area (Å²) in [6, 6.07) is 11.8. The van der Waals surface area contributed by atoms with E-state index in [1.54, 1.807) is 26.0 Å². The molecule has 2 aromatic carbocycles. The number of benzene rings is 2. The first kappa shape index (κ1) is 21.6. The van der Waals surface area contributed by atoms with Crippen LogP contribution in [0.1, 0.15) is 16.8 Å². The van der Waals surface area contributed by atoms with Crippen LogP contribution in [0.25, 0.3) is 10.2 Å². The molecule has 0 aliphatic carbocycles. The van der Waals surface area contributed by atoms with Crippen LogP contribution in [0.3, 0.4) is 0 Å². The van der Waals surface area contributed by atoms with Crippen molar-refractivity contribution in [1.82, 2.24) is 9.97 Å².